The Bertz CT molecular complexity index is 1010. The Hall–Kier alpha value is -2.67. The van der Waals surface area contributed by atoms with Crippen LogP contribution in [0.3, 0.4) is 0 Å². The van der Waals surface area contributed by atoms with Crippen molar-refractivity contribution >= 4 is 34.3 Å². The molecule has 1 N–H and O–H groups in total. The highest BCUT2D eigenvalue weighted by Gasteiger charge is 2.46. The molecule has 7 heteroatoms. The first kappa shape index (κ1) is 18.4. The number of carbonyl (C=O) groups is 2. The third kappa shape index (κ3) is 3.04. The van der Waals surface area contributed by atoms with Crippen LogP contribution < -0.4 is 10.3 Å². The first-order valence-corrected chi connectivity index (χ1v) is 10.9. The molecule has 1 aromatic carbocycles. The van der Waals surface area contributed by atoms with Gasteiger partial charge in [-0.2, -0.15) is 5.10 Å². The number of thioether (sulfide) groups is 1. The van der Waals surface area contributed by atoms with Gasteiger partial charge in [0.2, 0.25) is 0 Å². The second-order valence-electron chi connectivity index (χ2n) is 8.00. The molecule has 29 heavy (non-hydrogen) atoms. The van der Waals surface area contributed by atoms with E-state index < -0.39 is 0 Å². The van der Waals surface area contributed by atoms with E-state index in [-0.39, 0.29) is 21.8 Å². The predicted molar refractivity (Wildman–Crippen MR) is 115 cm³/mol. The number of anilines is 1. The molecule has 2 aromatic rings. The summed E-state index contributed by atoms with van der Waals surface area (Å²) < 4.78 is 0. The summed E-state index contributed by atoms with van der Waals surface area (Å²) in [6.07, 6.45) is 7.88. The van der Waals surface area contributed by atoms with Crippen molar-refractivity contribution in [1.82, 2.24) is 10.4 Å². The van der Waals surface area contributed by atoms with Crippen molar-refractivity contribution in [3.8, 4) is 0 Å². The molecular weight excluding hydrogens is 384 g/mol. The third-order valence-corrected chi connectivity index (χ3v) is 7.17. The second kappa shape index (κ2) is 6.99. The van der Waals surface area contributed by atoms with Crippen molar-refractivity contribution < 1.29 is 9.59 Å². The minimum absolute atomic E-state index is 0.00251. The van der Waals surface area contributed by atoms with E-state index in [1.54, 1.807) is 24.5 Å². The number of carbonyl (C=O) groups excluding carboxylic acids is 2. The van der Waals surface area contributed by atoms with Crippen molar-refractivity contribution in [1.29, 1.82) is 0 Å². The van der Waals surface area contributed by atoms with E-state index in [0.717, 1.165) is 36.3 Å². The van der Waals surface area contributed by atoms with E-state index in [9.17, 15) is 9.59 Å². The zero-order chi connectivity index (χ0) is 20.0. The van der Waals surface area contributed by atoms with Crippen LogP contribution in [0.1, 0.15) is 54.1 Å². The molecule has 6 nitrogen and oxygen atoms in total. The molecule has 1 unspecified atom stereocenters. The topological polar surface area (TPSA) is 74.7 Å². The molecule has 1 fully saturated rings. The molecular formula is C22H22N4O2S. The molecule has 0 radical (unpaired) electrons. The minimum Gasteiger partial charge on any atom is -0.307 e. The van der Waals surface area contributed by atoms with Gasteiger partial charge in [0.1, 0.15) is 0 Å². The summed E-state index contributed by atoms with van der Waals surface area (Å²) >= 11 is 1.25. The maximum absolute atomic E-state index is 13.2. The number of hydrazone groups is 1. The molecule has 3 aliphatic rings. The average Bonchev–Trinajstić information content (AvgIpc) is 3.34. The quantitative estimate of drug-likeness (QED) is 0.815. The normalized spacial score (nSPS) is 22.4. The number of hydrogen-bond donors (Lipinski definition) is 1. The molecule has 2 amide bonds. The lowest BCUT2D eigenvalue weighted by Gasteiger charge is -2.25. The van der Waals surface area contributed by atoms with Crippen LogP contribution in [0.4, 0.5) is 10.5 Å². The van der Waals surface area contributed by atoms with Crippen LogP contribution in [0.25, 0.3) is 0 Å². The lowest BCUT2D eigenvalue weighted by Crippen LogP contribution is -2.35. The highest BCUT2D eigenvalue weighted by Crippen LogP contribution is 2.51. The molecule has 0 bridgehead atoms. The minimum atomic E-state index is -0.121. The highest BCUT2D eigenvalue weighted by atomic mass is 32.2. The van der Waals surface area contributed by atoms with E-state index in [0.29, 0.717) is 5.56 Å². The first-order valence-electron chi connectivity index (χ1n) is 9.98. The van der Waals surface area contributed by atoms with Gasteiger partial charge >= 0.3 is 0 Å². The van der Waals surface area contributed by atoms with Crippen LogP contribution in [0.2, 0.25) is 0 Å². The smallest absolute Gasteiger partial charge is 0.299 e. The van der Waals surface area contributed by atoms with Gasteiger partial charge in [0.15, 0.2) is 0 Å². The summed E-state index contributed by atoms with van der Waals surface area (Å²) in [6, 6.07) is 9.82. The number of nitrogens with one attached hydrogen (secondary N) is 1. The SMILES string of the molecule is CC1SC(=O)NN=C1c1ccc2c(c1)C1(CCCC1)CN2C(=O)c1ccncc1. The zero-order valence-corrected chi connectivity index (χ0v) is 17.0. The lowest BCUT2D eigenvalue weighted by atomic mass is 9.80. The van der Waals surface area contributed by atoms with Crippen molar-refractivity contribution in [2.75, 3.05) is 11.4 Å². The summed E-state index contributed by atoms with van der Waals surface area (Å²) in [4.78, 5) is 30.8. The summed E-state index contributed by atoms with van der Waals surface area (Å²) in [5, 5.41) is 4.19. The summed E-state index contributed by atoms with van der Waals surface area (Å²) in [5.74, 6) is 0.0244. The van der Waals surface area contributed by atoms with Gasteiger partial charge in [0.05, 0.1) is 11.0 Å². The molecule has 5 rings (SSSR count). The molecule has 148 valence electrons. The van der Waals surface area contributed by atoms with E-state index in [4.69, 9.17) is 0 Å². The largest absolute Gasteiger partial charge is 0.307 e. The number of amides is 2. The fraction of sp³-hybridized carbons (Fsp3) is 0.364. The van der Waals surface area contributed by atoms with E-state index in [1.165, 1.54) is 30.2 Å². The number of pyridine rings is 1. The highest BCUT2D eigenvalue weighted by molar-refractivity contribution is 8.14. The maximum Gasteiger partial charge on any atom is 0.299 e. The van der Waals surface area contributed by atoms with Crippen molar-refractivity contribution in [3.63, 3.8) is 0 Å². The van der Waals surface area contributed by atoms with Crippen LogP contribution in [-0.4, -0.2) is 33.6 Å². The van der Waals surface area contributed by atoms with Gasteiger partial charge in [0.25, 0.3) is 11.1 Å². The standard InChI is InChI=1S/C22H22N4O2S/c1-14-19(24-25-21(28)29-14)16-4-5-18-17(12-16)22(8-2-3-9-22)13-26(18)20(27)15-6-10-23-11-7-15/h4-7,10-12,14H,2-3,8-9,13H2,1H3,(H,25,28). The molecule has 1 atom stereocenters. The number of fused-ring (bicyclic) bond motifs is 2. The van der Waals surface area contributed by atoms with Gasteiger partial charge < -0.3 is 4.90 Å². The van der Waals surface area contributed by atoms with Crippen LogP contribution >= 0.6 is 11.8 Å². The molecule has 1 spiro atoms. The Balaban J connectivity index is 1.57. The Labute approximate surface area is 173 Å². The number of aromatic nitrogens is 1. The molecule has 0 saturated heterocycles. The van der Waals surface area contributed by atoms with Gasteiger partial charge in [-0.1, -0.05) is 30.7 Å². The van der Waals surface area contributed by atoms with Gasteiger partial charge in [-0.15, -0.1) is 0 Å². The Morgan fingerprint density at radius 2 is 1.97 bits per heavy atom. The van der Waals surface area contributed by atoms with Gasteiger partial charge in [0, 0.05) is 35.6 Å². The van der Waals surface area contributed by atoms with Crippen molar-refractivity contribution in [2.45, 2.75) is 43.3 Å². The fourth-order valence-corrected chi connectivity index (χ4v) is 5.60. The average molecular weight is 407 g/mol. The molecule has 3 heterocycles. The number of nitrogens with zero attached hydrogens (tertiary/aromatic N) is 3. The Morgan fingerprint density at radius 1 is 1.21 bits per heavy atom. The Morgan fingerprint density at radius 3 is 2.69 bits per heavy atom. The maximum atomic E-state index is 13.2. The molecule has 1 aliphatic carbocycles. The van der Waals surface area contributed by atoms with Gasteiger partial charge in [-0.05, 0) is 55.2 Å². The Kier molecular flexibility index (Phi) is 4.42. The van der Waals surface area contributed by atoms with Crippen molar-refractivity contribution in [2.24, 2.45) is 5.10 Å². The summed E-state index contributed by atoms with van der Waals surface area (Å²) in [6.45, 7) is 2.72. The monoisotopic (exact) mass is 406 g/mol. The molecule has 1 aromatic heterocycles. The van der Waals surface area contributed by atoms with Crippen molar-refractivity contribution in [3.05, 3.63) is 59.4 Å². The van der Waals surface area contributed by atoms with Crippen LogP contribution in [0.15, 0.2) is 47.8 Å². The van der Waals surface area contributed by atoms with E-state index in [2.05, 4.69) is 21.6 Å². The van der Waals surface area contributed by atoms with Gasteiger partial charge in [-0.3, -0.25) is 14.6 Å². The van der Waals surface area contributed by atoms with Gasteiger partial charge in [-0.25, -0.2) is 5.43 Å². The fourth-order valence-electron chi connectivity index (χ4n) is 4.88. The first-order chi connectivity index (χ1) is 14.1. The summed E-state index contributed by atoms with van der Waals surface area (Å²) in [7, 11) is 0. The number of rotatable bonds is 2. The number of benzene rings is 1. The van der Waals surface area contributed by atoms with E-state index in [1.807, 2.05) is 24.0 Å². The van der Waals surface area contributed by atoms with E-state index >= 15 is 0 Å². The third-order valence-electron chi connectivity index (χ3n) is 6.28. The second-order valence-corrected chi connectivity index (χ2v) is 9.32. The lowest BCUT2D eigenvalue weighted by molar-refractivity contribution is 0.0985. The van der Waals surface area contributed by atoms with Crippen LogP contribution in [-0.2, 0) is 5.41 Å². The molecule has 2 aliphatic heterocycles. The van der Waals surface area contributed by atoms with Crippen LogP contribution in [0.5, 0.6) is 0 Å². The van der Waals surface area contributed by atoms with Crippen LogP contribution in [0, 0.1) is 0 Å². The number of hydrogen-bond acceptors (Lipinski definition) is 5. The molecule has 1 saturated carbocycles. The summed E-state index contributed by atoms with van der Waals surface area (Å²) in [5.41, 5.74) is 7.40. The zero-order valence-electron chi connectivity index (χ0n) is 16.2. The predicted octanol–water partition coefficient (Wildman–Crippen LogP) is 4.10.